The number of hydrogen-bond acceptors (Lipinski definition) is 4. The second-order valence-electron chi connectivity index (χ2n) is 8.73. The molecule has 0 saturated carbocycles. The van der Waals surface area contributed by atoms with Crippen LogP contribution in [0.3, 0.4) is 0 Å². The lowest BCUT2D eigenvalue weighted by Crippen LogP contribution is -2.50. The van der Waals surface area contributed by atoms with Gasteiger partial charge in [-0.25, -0.2) is 4.90 Å². The lowest BCUT2D eigenvalue weighted by Gasteiger charge is -2.26. The Morgan fingerprint density at radius 3 is 2.47 bits per heavy atom. The largest absolute Gasteiger partial charge is 0.416 e. The number of anilines is 2. The number of hydrogen-bond donors (Lipinski definition) is 2. The van der Waals surface area contributed by atoms with Crippen LogP contribution in [0.2, 0.25) is 0 Å². The number of alkyl halides is 3. The van der Waals surface area contributed by atoms with Crippen molar-refractivity contribution in [2.24, 2.45) is 0 Å². The minimum Gasteiger partial charge on any atom is -0.398 e. The molecule has 36 heavy (non-hydrogen) atoms. The van der Waals surface area contributed by atoms with Crippen molar-refractivity contribution >= 4 is 29.1 Å². The third kappa shape index (κ3) is 4.68. The van der Waals surface area contributed by atoms with Gasteiger partial charge in [-0.05, 0) is 48.7 Å². The second kappa shape index (κ2) is 9.49. The van der Waals surface area contributed by atoms with Crippen LogP contribution in [0, 0.1) is 0 Å². The fraction of sp³-hybridized carbons (Fsp3) is 0.222. The molecule has 1 heterocycles. The summed E-state index contributed by atoms with van der Waals surface area (Å²) in [5.74, 6) is -2.47. The Hall–Kier alpha value is -4.14. The normalized spacial score (nSPS) is 16.0. The SMILES string of the molecule is CC1C(=O)N(C(=O)[C@H](C)NC(=O)Cc2cccc(C(F)(F)F)c2)c2cccc(N)c2-c2ccccc21. The van der Waals surface area contributed by atoms with E-state index < -0.39 is 41.4 Å². The molecule has 0 radical (unpaired) electrons. The van der Waals surface area contributed by atoms with E-state index in [1.165, 1.54) is 19.1 Å². The van der Waals surface area contributed by atoms with Gasteiger partial charge in [-0.2, -0.15) is 13.2 Å². The average Bonchev–Trinajstić information content (AvgIpc) is 2.92. The van der Waals surface area contributed by atoms with Crippen LogP contribution >= 0.6 is 0 Å². The second-order valence-corrected chi connectivity index (χ2v) is 8.73. The molecule has 186 valence electrons. The standard InChI is InChI=1S/C27H24F3N3O3/c1-15-19-9-3-4-10-20(19)24-21(31)11-6-12-22(24)33(25(15)35)26(36)16(2)32-23(34)14-17-7-5-8-18(13-17)27(28,29)30/h3-13,15-16H,14,31H2,1-2H3,(H,32,34)/t15?,16-/m0/s1. The summed E-state index contributed by atoms with van der Waals surface area (Å²) in [7, 11) is 0. The van der Waals surface area contributed by atoms with Gasteiger partial charge in [-0.15, -0.1) is 0 Å². The molecule has 6 nitrogen and oxygen atoms in total. The number of rotatable bonds is 4. The van der Waals surface area contributed by atoms with Crippen LogP contribution in [-0.2, 0) is 27.0 Å². The molecule has 3 N–H and O–H groups in total. The van der Waals surface area contributed by atoms with Gasteiger partial charge in [-0.1, -0.05) is 48.5 Å². The predicted octanol–water partition coefficient (Wildman–Crippen LogP) is 4.68. The van der Waals surface area contributed by atoms with Gasteiger partial charge < -0.3 is 11.1 Å². The summed E-state index contributed by atoms with van der Waals surface area (Å²) in [6.45, 7) is 3.12. The van der Waals surface area contributed by atoms with Crippen molar-refractivity contribution in [3.05, 3.63) is 83.4 Å². The minimum atomic E-state index is -4.54. The van der Waals surface area contributed by atoms with E-state index in [9.17, 15) is 27.6 Å². The highest BCUT2D eigenvalue weighted by atomic mass is 19.4. The molecule has 3 amide bonds. The van der Waals surface area contributed by atoms with Crippen molar-refractivity contribution in [2.75, 3.05) is 10.6 Å². The summed E-state index contributed by atoms with van der Waals surface area (Å²) in [4.78, 5) is 40.6. The number of carbonyl (C=O) groups excluding carboxylic acids is 3. The number of halogens is 3. The van der Waals surface area contributed by atoms with Gasteiger partial charge in [0.25, 0.3) is 5.91 Å². The Morgan fingerprint density at radius 1 is 1.06 bits per heavy atom. The molecule has 0 fully saturated rings. The molecule has 3 aromatic carbocycles. The maximum absolute atomic E-state index is 13.5. The summed E-state index contributed by atoms with van der Waals surface area (Å²) in [5.41, 5.74) is 8.25. The fourth-order valence-corrected chi connectivity index (χ4v) is 4.40. The number of carbonyl (C=O) groups is 3. The number of nitrogens with two attached hydrogens (primary N) is 1. The fourth-order valence-electron chi connectivity index (χ4n) is 4.40. The molecule has 0 aromatic heterocycles. The first-order chi connectivity index (χ1) is 17.0. The van der Waals surface area contributed by atoms with Crippen LogP contribution in [0.1, 0.15) is 36.5 Å². The topological polar surface area (TPSA) is 92.5 Å². The molecule has 0 saturated heterocycles. The summed E-state index contributed by atoms with van der Waals surface area (Å²) in [6, 6.07) is 15.5. The van der Waals surface area contributed by atoms with Crippen molar-refractivity contribution in [3.63, 3.8) is 0 Å². The van der Waals surface area contributed by atoms with Crippen molar-refractivity contribution in [3.8, 4) is 11.1 Å². The molecule has 0 aliphatic carbocycles. The summed E-state index contributed by atoms with van der Waals surface area (Å²) in [5, 5.41) is 2.51. The molecule has 0 bridgehead atoms. The monoisotopic (exact) mass is 495 g/mol. The average molecular weight is 496 g/mol. The summed E-state index contributed by atoms with van der Waals surface area (Å²) >= 11 is 0. The van der Waals surface area contributed by atoms with Crippen LogP contribution in [0.15, 0.2) is 66.7 Å². The quantitative estimate of drug-likeness (QED) is 0.514. The molecule has 1 unspecified atom stereocenters. The van der Waals surface area contributed by atoms with E-state index in [-0.39, 0.29) is 12.0 Å². The van der Waals surface area contributed by atoms with Gasteiger partial charge >= 0.3 is 6.18 Å². The van der Waals surface area contributed by atoms with E-state index >= 15 is 0 Å². The smallest absolute Gasteiger partial charge is 0.398 e. The van der Waals surface area contributed by atoms with Gasteiger partial charge in [0.05, 0.1) is 23.6 Å². The van der Waals surface area contributed by atoms with Gasteiger partial charge in [0, 0.05) is 11.3 Å². The zero-order valence-electron chi connectivity index (χ0n) is 19.6. The summed E-state index contributed by atoms with van der Waals surface area (Å²) < 4.78 is 39.0. The lowest BCUT2D eigenvalue weighted by atomic mass is 9.92. The Morgan fingerprint density at radius 2 is 1.75 bits per heavy atom. The first kappa shape index (κ1) is 25.0. The Labute approximate surface area is 205 Å². The van der Waals surface area contributed by atoms with Crippen LogP contribution in [0.4, 0.5) is 24.5 Å². The Bertz CT molecular complexity index is 1350. The molecular formula is C27H24F3N3O3. The molecule has 0 spiro atoms. The first-order valence-corrected chi connectivity index (χ1v) is 11.3. The van der Waals surface area contributed by atoms with Crippen molar-refractivity contribution < 1.29 is 27.6 Å². The molecule has 1 aliphatic rings. The van der Waals surface area contributed by atoms with E-state index in [0.717, 1.165) is 28.2 Å². The molecule has 3 aromatic rings. The van der Waals surface area contributed by atoms with Gasteiger partial charge in [0.2, 0.25) is 11.8 Å². The number of nitrogens with zero attached hydrogens (tertiary/aromatic N) is 1. The molecule has 1 aliphatic heterocycles. The molecular weight excluding hydrogens is 471 g/mol. The van der Waals surface area contributed by atoms with Crippen LogP contribution in [0.5, 0.6) is 0 Å². The lowest BCUT2D eigenvalue weighted by molar-refractivity contribution is -0.137. The van der Waals surface area contributed by atoms with E-state index in [2.05, 4.69) is 5.32 Å². The highest BCUT2D eigenvalue weighted by Gasteiger charge is 2.38. The van der Waals surface area contributed by atoms with Crippen molar-refractivity contribution in [2.45, 2.75) is 38.4 Å². The van der Waals surface area contributed by atoms with Crippen LogP contribution < -0.4 is 16.0 Å². The number of nitrogen functional groups attached to an aromatic ring is 1. The number of benzene rings is 3. The van der Waals surface area contributed by atoms with E-state index in [1.807, 2.05) is 18.2 Å². The predicted molar refractivity (Wildman–Crippen MR) is 130 cm³/mol. The van der Waals surface area contributed by atoms with E-state index in [0.29, 0.717) is 16.9 Å². The molecule has 2 atom stereocenters. The molecule has 9 heteroatoms. The maximum atomic E-state index is 13.5. The summed E-state index contributed by atoms with van der Waals surface area (Å²) in [6.07, 6.45) is -4.90. The zero-order chi connectivity index (χ0) is 26.2. The highest BCUT2D eigenvalue weighted by molar-refractivity contribution is 6.22. The van der Waals surface area contributed by atoms with E-state index in [1.54, 1.807) is 31.2 Å². The highest BCUT2D eigenvalue weighted by Crippen LogP contribution is 2.44. The van der Waals surface area contributed by atoms with Gasteiger partial charge in [-0.3, -0.25) is 14.4 Å². The van der Waals surface area contributed by atoms with Gasteiger partial charge in [0.15, 0.2) is 0 Å². The maximum Gasteiger partial charge on any atom is 0.416 e. The van der Waals surface area contributed by atoms with Crippen molar-refractivity contribution in [1.29, 1.82) is 0 Å². The van der Waals surface area contributed by atoms with Crippen LogP contribution in [0.25, 0.3) is 11.1 Å². The zero-order valence-corrected chi connectivity index (χ0v) is 19.6. The number of imide groups is 1. The molecule has 4 rings (SSSR count). The number of amides is 3. The minimum absolute atomic E-state index is 0.148. The third-order valence-corrected chi connectivity index (χ3v) is 6.19. The number of nitrogens with one attached hydrogen (secondary N) is 1. The van der Waals surface area contributed by atoms with Crippen LogP contribution in [-0.4, -0.2) is 23.8 Å². The van der Waals surface area contributed by atoms with Gasteiger partial charge in [0.1, 0.15) is 6.04 Å². The number of fused-ring (bicyclic) bond motifs is 3. The Balaban J connectivity index is 1.60. The third-order valence-electron chi connectivity index (χ3n) is 6.19. The Kier molecular flexibility index (Phi) is 6.58. The van der Waals surface area contributed by atoms with Crippen molar-refractivity contribution in [1.82, 2.24) is 5.32 Å². The van der Waals surface area contributed by atoms with E-state index in [4.69, 9.17) is 5.73 Å². The first-order valence-electron chi connectivity index (χ1n) is 11.3.